The summed E-state index contributed by atoms with van der Waals surface area (Å²) in [6.45, 7) is 3.10. The summed E-state index contributed by atoms with van der Waals surface area (Å²) in [4.78, 5) is 22.0. The molecule has 0 bridgehead atoms. The molecule has 0 fully saturated rings. The van der Waals surface area contributed by atoms with Crippen LogP contribution in [0.2, 0.25) is 0 Å². The van der Waals surface area contributed by atoms with E-state index >= 15 is 0 Å². The van der Waals surface area contributed by atoms with Gasteiger partial charge >= 0.3 is 0 Å². The lowest BCUT2D eigenvalue weighted by Crippen LogP contribution is -2.31. The van der Waals surface area contributed by atoms with Crippen LogP contribution in [-0.4, -0.2) is 18.4 Å². The van der Waals surface area contributed by atoms with Gasteiger partial charge < -0.3 is 10.6 Å². The first kappa shape index (κ1) is 11.9. The maximum Gasteiger partial charge on any atom is 0.243 e. The van der Waals surface area contributed by atoms with Crippen LogP contribution in [0.4, 0.5) is 10.1 Å². The zero-order valence-corrected chi connectivity index (χ0v) is 8.50. The molecule has 1 rings (SSSR count). The van der Waals surface area contributed by atoms with Gasteiger partial charge in [-0.05, 0) is 30.3 Å². The average Bonchev–Trinajstić information content (AvgIpc) is 2.29. The normalized spacial score (nSPS) is 9.31. The SMILES string of the molecule is C=CC(=O)NCC(=O)Nc1ccc(F)cc1. The van der Waals surface area contributed by atoms with Gasteiger partial charge in [0.1, 0.15) is 5.82 Å². The van der Waals surface area contributed by atoms with Crippen molar-refractivity contribution in [2.45, 2.75) is 0 Å². The zero-order chi connectivity index (χ0) is 12.0. The number of hydrogen-bond acceptors (Lipinski definition) is 2. The van der Waals surface area contributed by atoms with E-state index in [2.05, 4.69) is 17.2 Å². The maximum absolute atomic E-state index is 12.5. The molecule has 0 radical (unpaired) electrons. The van der Waals surface area contributed by atoms with Crippen molar-refractivity contribution < 1.29 is 14.0 Å². The Morgan fingerprint density at radius 3 is 2.50 bits per heavy atom. The van der Waals surface area contributed by atoms with Crippen molar-refractivity contribution in [2.24, 2.45) is 0 Å². The molecule has 0 aliphatic carbocycles. The van der Waals surface area contributed by atoms with E-state index in [9.17, 15) is 14.0 Å². The Hall–Kier alpha value is -2.17. The first-order valence-electron chi connectivity index (χ1n) is 4.57. The van der Waals surface area contributed by atoms with Gasteiger partial charge in [0.25, 0.3) is 0 Å². The van der Waals surface area contributed by atoms with Gasteiger partial charge in [-0.3, -0.25) is 9.59 Å². The Morgan fingerprint density at radius 1 is 1.31 bits per heavy atom. The quantitative estimate of drug-likeness (QED) is 0.748. The summed E-state index contributed by atoms with van der Waals surface area (Å²) in [5.74, 6) is -1.19. The van der Waals surface area contributed by atoms with Gasteiger partial charge in [0.05, 0.1) is 6.54 Å². The largest absolute Gasteiger partial charge is 0.343 e. The lowest BCUT2D eigenvalue weighted by molar-refractivity contribution is -0.121. The molecule has 0 saturated heterocycles. The van der Waals surface area contributed by atoms with Crippen LogP contribution in [0.15, 0.2) is 36.9 Å². The van der Waals surface area contributed by atoms with Crippen LogP contribution in [0.25, 0.3) is 0 Å². The van der Waals surface area contributed by atoms with Crippen LogP contribution in [0.1, 0.15) is 0 Å². The lowest BCUT2D eigenvalue weighted by Gasteiger charge is -2.05. The third-order valence-electron chi connectivity index (χ3n) is 1.74. The maximum atomic E-state index is 12.5. The fourth-order valence-corrected chi connectivity index (χ4v) is 0.978. The summed E-state index contributed by atoms with van der Waals surface area (Å²) in [7, 11) is 0. The topological polar surface area (TPSA) is 58.2 Å². The van der Waals surface area contributed by atoms with Crippen molar-refractivity contribution in [1.82, 2.24) is 5.32 Å². The Balaban J connectivity index is 2.42. The molecule has 84 valence electrons. The minimum Gasteiger partial charge on any atom is -0.343 e. The smallest absolute Gasteiger partial charge is 0.243 e. The standard InChI is InChI=1S/C11H11FN2O2/c1-2-10(15)13-7-11(16)14-9-5-3-8(12)4-6-9/h2-6H,1,7H2,(H,13,15)(H,14,16). The van der Waals surface area contributed by atoms with Crippen molar-refractivity contribution in [3.63, 3.8) is 0 Å². The van der Waals surface area contributed by atoms with Gasteiger partial charge in [-0.25, -0.2) is 4.39 Å². The molecule has 0 aliphatic heterocycles. The number of carbonyl (C=O) groups excluding carboxylic acids is 2. The van der Waals surface area contributed by atoms with Crippen LogP contribution in [0.3, 0.4) is 0 Å². The number of amides is 2. The van der Waals surface area contributed by atoms with Gasteiger partial charge in [-0.1, -0.05) is 6.58 Å². The molecule has 1 aromatic carbocycles. The van der Waals surface area contributed by atoms with Crippen LogP contribution in [0.5, 0.6) is 0 Å². The number of carbonyl (C=O) groups is 2. The molecule has 0 aromatic heterocycles. The molecular weight excluding hydrogens is 211 g/mol. The van der Waals surface area contributed by atoms with E-state index in [-0.39, 0.29) is 18.3 Å². The molecule has 2 N–H and O–H groups in total. The second-order valence-electron chi connectivity index (χ2n) is 2.98. The number of nitrogens with one attached hydrogen (secondary N) is 2. The highest BCUT2D eigenvalue weighted by molar-refractivity contribution is 5.96. The number of halogens is 1. The summed E-state index contributed by atoms with van der Waals surface area (Å²) < 4.78 is 12.5. The first-order valence-corrected chi connectivity index (χ1v) is 4.57. The van der Waals surface area contributed by atoms with Gasteiger partial charge in [0.2, 0.25) is 11.8 Å². The zero-order valence-electron chi connectivity index (χ0n) is 8.50. The molecular formula is C11H11FN2O2. The molecule has 0 unspecified atom stereocenters. The number of rotatable bonds is 4. The Labute approximate surface area is 92.2 Å². The van der Waals surface area contributed by atoms with Crippen LogP contribution in [0, 0.1) is 5.82 Å². The van der Waals surface area contributed by atoms with E-state index in [1.54, 1.807) is 0 Å². The second kappa shape index (κ2) is 5.65. The molecule has 0 aliphatic rings. The molecule has 0 heterocycles. The van der Waals surface area contributed by atoms with Crippen molar-refractivity contribution in [2.75, 3.05) is 11.9 Å². The summed E-state index contributed by atoms with van der Waals surface area (Å²) in [5, 5.41) is 4.81. The molecule has 5 heteroatoms. The van der Waals surface area contributed by atoms with E-state index < -0.39 is 5.91 Å². The lowest BCUT2D eigenvalue weighted by atomic mass is 10.3. The summed E-state index contributed by atoms with van der Waals surface area (Å²) >= 11 is 0. The predicted octanol–water partition coefficient (Wildman–Crippen LogP) is 1.07. The summed E-state index contributed by atoms with van der Waals surface area (Å²) in [6.07, 6.45) is 1.07. The van der Waals surface area contributed by atoms with Crippen LogP contribution >= 0.6 is 0 Å². The molecule has 0 spiro atoms. The molecule has 16 heavy (non-hydrogen) atoms. The van der Waals surface area contributed by atoms with E-state index in [0.717, 1.165) is 6.08 Å². The van der Waals surface area contributed by atoms with Crippen LogP contribution < -0.4 is 10.6 Å². The number of anilines is 1. The van der Waals surface area contributed by atoms with Crippen molar-refractivity contribution >= 4 is 17.5 Å². The summed E-state index contributed by atoms with van der Waals surface area (Å²) in [5.41, 5.74) is 0.472. The third kappa shape index (κ3) is 3.91. The number of hydrogen-bond donors (Lipinski definition) is 2. The molecule has 1 aromatic rings. The highest BCUT2D eigenvalue weighted by Gasteiger charge is 2.03. The molecule has 2 amide bonds. The van der Waals surface area contributed by atoms with E-state index in [1.165, 1.54) is 24.3 Å². The summed E-state index contributed by atoms with van der Waals surface area (Å²) in [6, 6.07) is 5.33. The highest BCUT2D eigenvalue weighted by atomic mass is 19.1. The monoisotopic (exact) mass is 222 g/mol. The van der Waals surface area contributed by atoms with E-state index in [4.69, 9.17) is 0 Å². The van der Waals surface area contributed by atoms with Gasteiger partial charge in [0.15, 0.2) is 0 Å². The van der Waals surface area contributed by atoms with Gasteiger partial charge in [-0.15, -0.1) is 0 Å². The van der Waals surface area contributed by atoms with Crippen molar-refractivity contribution in [3.05, 3.63) is 42.7 Å². The minimum atomic E-state index is -0.422. The fourth-order valence-electron chi connectivity index (χ4n) is 0.978. The second-order valence-corrected chi connectivity index (χ2v) is 2.98. The van der Waals surface area contributed by atoms with Crippen molar-refractivity contribution in [3.8, 4) is 0 Å². The van der Waals surface area contributed by atoms with Crippen LogP contribution in [-0.2, 0) is 9.59 Å². The molecule has 0 atom stereocenters. The Kier molecular flexibility index (Phi) is 4.20. The Bertz CT molecular complexity index is 401. The number of benzene rings is 1. The van der Waals surface area contributed by atoms with Gasteiger partial charge in [0, 0.05) is 5.69 Å². The molecule has 0 saturated carbocycles. The fraction of sp³-hybridized carbons (Fsp3) is 0.0909. The third-order valence-corrected chi connectivity index (χ3v) is 1.74. The Morgan fingerprint density at radius 2 is 1.94 bits per heavy atom. The van der Waals surface area contributed by atoms with Crippen molar-refractivity contribution in [1.29, 1.82) is 0 Å². The first-order chi connectivity index (χ1) is 7.61. The molecule has 4 nitrogen and oxygen atoms in total. The predicted molar refractivity (Wildman–Crippen MR) is 58.2 cm³/mol. The van der Waals surface area contributed by atoms with E-state index in [1.807, 2.05) is 0 Å². The minimum absolute atomic E-state index is 0.151. The highest BCUT2D eigenvalue weighted by Crippen LogP contribution is 2.07. The van der Waals surface area contributed by atoms with E-state index in [0.29, 0.717) is 5.69 Å². The van der Waals surface area contributed by atoms with Gasteiger partial charge in [-0.2, -0.15) is 0 Å². The average molecular weight is 222 g/mol.